The molecule has 0 aliphatic heterocycles. The van der Waals surface area contributed by atoms with Crippen molar-refractivity contribution >= 4 is 6.29 Å². The Labute approximate surface area is 116 Å². The van der Waals surface area contributed by atoms with E-state index in [0.29, 0.717) is 11.3 Å². The molecule has 0 fully saturated rings. The maximum absolute atomic E-state index is 11.2. The fraction of sp³-hybridized carbons (Fsp3) is 0.529. The van der Waals surface area contributed by atoms with E-state index >= 15 is 0 Å². The molecule has 1 aromatic rings. The van der Waals surface area contributed by atoms with Crippen LogP contribution < -0.4 is 0 Å². The molecule has 0 N–H and O–H groups in total. The Balaban J connectivity index is 3.45. The topological polar surface area (TPSA) is 30.0 Å². The summed E-state index contributed by atoms with van der Waals surface area (Å²) in [7, 11) is 0. The van der Waals surface area contributed by atoms with Crippen LogP contribution in [0.15, 0.2) is 6.07 Å². The molecule has 2 heteroatoms. The van der Waals surface area contributed by atoms with Crippen LogP contribution in [-0.2, 0) is 5.41 Å². The van der Waals surface area contributed by atoms with Gasteiger partial charge in [-0.05, 0) is 45.2 Å². The van der Waals surface area contributed by atoms with Crippen LogP contribution in [0, 0.1) is 24.2 Å². The summed E-state index contributed by atoms with van der Waals surface area (Å²) in [4.78, 5) is 15.8. The zero-order valence-corrected chi connectivity index (χ0v) is 13.0. The van der Waals surface area contributed by atoms with Gasteiger partial charge in [-0.25, -0.2) is 4.98 Å². The number of nitrogens with zero attached hydrogens (tertiary/aromatic N) is 1. The molecule has 0 radical (unpaired) electrons. The van der Waals surface area contributed by atoms with Gasteiger partial charge >= 0.3 is 0 Å². The largest absolute Gasteiger partial charge is 0.298 e. The molecule has 0 aliphatic rings. The summed E-state index contributed by atoms with van der Waals surface area (Å²) in [6.45, 7) is 14.5. The van der Waals surface area contributed by atoms with Crippen molar-refractivity contribution in [2.24, 2.45) is 5.41 Å². The van der Waals surface area contributed by atoms with Gasteiger partial charge in [0.15, 0.2) is 6.29 Å². The minimum Gasteiger partial charge on any atom is -0.298 e. The van der Waals surface area contributed by atoms with Crippen molar-refractivity contribution in [3.05, 3.63) is 28.6 Å². The van der Waals surface area contributed by atoms with Crippen LogP contribution in [0.25, 0.3) is 0 Å². The van der Waals surface area contributed by atoms with Crippen molar-refractivity contribution in [1.82, 2.24) is 4.98 Å². The molecule has 19 heavy (non-hydrogen) atoms. The lowest BCUT2D eigenvalue weighted by Gasteiger charge is -2.21. The van der Waals surface area contributed by atoms with E-state index < -0.39 is 0 Å². The molecule has 0 aromatic carbocycles. The number of carbonyl (C=O) groups is 1. The van der Waals surface area contributed by atoms with E-state index in [-0.39, 0.29) is 10.8 Å². The highest BCUT2D eigenvalue weighted by atomic mass is 16.1. The van der Waals surface area contributed by atoms with Crippen LogP contribution in [0.1, 0.15) is 68.9 Å². The molecular formula is C17H23NO. The average molecular weight is 257 g/mol. The molecule has 0 bridgehead atoms. The van der Waals surface area contributed by atoms with Crippen molar-refractivity contribution in [3.8, 4) is 11.8 Å². The van der Waals surface area contributed by atoms with Gasteiger partial charge in [0.05, 0.1) is 5.69 Å². The van der Waals surface area contributed by atoms with Gasteiger partial charge in [-0.15, -0.1) is 0 Å². The van der Waals surface area contributed by atoms with Crippen molar-refractivity contribution in [3.63, 3.8) is 0 Å². The molecule has 2 nitrogen and oxygen atoms in total. The number of hydrogen-bond donors (Lipinski definition) is 0. The number of carbonyl (C=O) groups excluding carboxylic acids is 1. The lowest BCUT2D eigenvalue weighted by Crippen LogP contribution is -2.17. The van der Waals surface area contributed by atoms with Crippen LogP contribution in [0.3, 0.4) is 0 Å². The summed E-state index contributed by atoms with van der Waals surface area (Å²) in [5.41, 5.74) is 3.04. The first kappa shape index (κ1) is 15.4. The fourth-order valence-corrected chi connectivity index (χ4v) is 1.83. The maximum atomic E-state index is 11.2. The smallest absolute Gasteiger partial charge is 0.152 e. The maximum Gasteiger partial charge on any atom is 0.152 e. The summed E-state index contributed by atoms with van der Waals surface area (Å²) >= 11 is 0. The molecule has 0 saturated heterocycles. The number of aryl methyl sites for hydroxylation is 1. The quantitative estimate of drug-likeness (QED) is 0.564. The summed E-state index contributed by atoms with van der Waals surface area (Å²) in [6, 6.07) is 1.88. The van der Waals surface area contributed by atoms with E-state index in [1.807, 2.05) is 33.8 Å². The summed E-state index contributed by atoms with van der Waals surface area (Å²) in [6.07, 6.45) is 0.832. The van der Waals surface area contributed by atoms with Gasteiger partial charge < -0.3 is 0 Å². The minimum absolute atomic E-state index is 0.0519. The molecule has 0 unspecified atom stereocenters. The van der Waals surface area contributed by atoms with Gasteiger partial charge in [-0.1, -0.05) is 26.7 Å². The average Bonchev–Trinajstić information content (AvgIpc) is 2.24. The Kier molecular flexibility index (Phi) is 4.20. The second-order valence-electron chi connectivity index (χ2n) is 6.96. The Morgan fingerprint density at radius 2 is 1.74 bits per heavy atom. The Morgan fingerprint density at radius 3 is 2.16 bits per heavy atom. The Bertz CT molecular complexity index is 546. The molecule has 102 valence electrons. The van der Waals surface area contributed by atoms with Gasteiger partial charge in [0.2, 0.25) is 0 Å². The summed E-state index contributed by atoms with van der Waals surface area (Å²) in [5, 5.41) is 0. The zero-order chi connectivity index (χ0) is 14.8. The van der Waals surface area contributed by atoms with Crippen LogP contribution >= 0.6 is 0 Å². The first-order valence-corrected chi connectivity index (χ1v) is 6.55. The van der Waals surface area contributed by atoms with E-state index in [1.165, 1.54) is 0 Å². The van der Waals surface area contributed by atoms with Crippen molar-refractivity contribution in [2.45, 2.75) is 53.9 Å². The monoisotopic (exact) mass is 257 g/mol. The summed E-state index contributed by atoms with van der Waals surface area (Å²) < 4.78 is 0. The normalized spacial score (nSPS) is 11.7. The third-order valence-corrected chi connectivity index (χ3v) is 2.64. The molecule has 0 spiro atoms. The van der Waals surface area contributed by atoms with E-state index in [1.54, 1.807) is 0 Å². The van der Waals surface area contributed by atoms with Crippen LogP contribution in [0.5, 0.6) is 0 Å². The third kappa shape index (κ3) is 4.21. The molecule has 0 amide bonds. The zero-order valence-electron chi connectivity index (χ0n) is 13.0. The molecule has 1 rings (SSSR count). The highest BCUT2D eigenvalue weighted by molar-refractivity contribution is 5.79. The van der Waals surface area contributed by atoms with Gasteiger partial charge in [0, 0.05) is 16.4 Å². The van der Waals surface area contributed by atoms with Crippen molar-refractivity contribution < 1.29 is 4.79 Å². The predicted molar refractivity (Wildman–Crippen MR) is 79.4 cm³/mol. The van der Waals surface area contributed by atoms with Gasteiger partial charge in [-0.3, -0.25) is 4.79 Å². The van der Waals surface area contributed by atoms with Gasteiger partial charge in [0.1, 0.15) is 5.69 Å². The molecule has 0 aliphatic carbocycles. The predicted octanol–water partition coefficient (Wildman–Crippen LogP) is 3.90. The van der Waals surface area contributed by atoms with Crippen molar-refractivity contribution in [1.29, 1.82) is 0 Å². The number of aldehydes is 1. The third-order valence-electron chi connectivity index (χ3n) is 2.64. The van der Waals surface area contributed by atoms with Gasteiger partial charge in [-0.2, -0.15) is 0 Å². The molecule has 1 aromatic heterocycles. The first-order valence-electron chi connectivity index (χ1n) is 6.55. The second-order valence-corrected chi connectivity index (χ2v) is 6.96. The van der Waals surface area contributed by atoms with E-state index in [2.05, 4.69) is 37.6 Å². The highest BCUT2D eigenvalue weighted by Crippen LogP contribution is 2.25. The molecule has 0 saturated carbocycles. The Hall–Kier alpha value is -1.62. The molecule has 0 atom stereocenters. The van der Waals surface area contributed by atoms with Crippen LogP contribution in [0.2, 0.25) is 0 Å². The SMILES string of the molecule is Cc1cc(C=O)c(C#CC(C)(C)C)nc1C(C)(C)C. The minimum atomic E-state index is -0.103. The van der Waals surface area contributed by atoms with Gasteiger partial charge in [0.25, 0.3) is 0 Å². The van der Waals surface area contributed by atoms with Crippen LogP contribution in [0.4, 0.5) is 0 Å². The lowest BCUT2D eigenvalue weighted by molar-refractivity contribution is 0.112. The Morgan fingerprint density at radius 1 is 1.16 bits per heavy atom. The second kappa shape index (κ2) is 5.17. The van der Waals surface area contributed by atoms with Crippen molar-refractivity contribution in [2.75, 3.05) is 0 Å². The fourth-order valence-electron chi connectivity index (χ4n) is 1.83. The highest BCUT2D eigenvalue weighted by Gasteiger charge is 2.20. The molecular weight excluding hydrogens is 234 g/mol. The molecule has 1 heterocycles. The number of pyridine rings is 1. The summed E-state index contributed by atoms with van der Waals surface area (Å²) in [5.74, 6) is 6.19. The number of hydrogen-bond acceptors (Lipinski definition) is 2. The van der Waals surface area contributed by atoms with Crippen LogP contribution in [-0.4, -0.2) is 11.3 Å². The number of rotatable bonds is 1. The number of aromatic nitrogens is 1. The lowest BCUT2D eigenvalue weighted by atomic mass is 9.88. The van der Waals surface area contributed by atoms with E-state index in [9.17, 15) is 4.79 Å². The first-order chi connectivity index (χ1) is 8.54. The van der Waals surface area contributed by atoms with E-state index in [4.69, 9.17) is 0 Å². The van der Waals surface area contributed by atoms with E-state index in [0.717, 1.165) is 17.5 Å². The standard InChI is InChI=1S/C17H23NO/c1-12-10-13(11-19)14(8-9-16(2,3)4)18-15(12)17(5,6)7/h10-11H,1-7H3.